The third-order valence-corrected chi connectivity index (χ3v) is 1.89. The highest BCUT2D eigenvalue weighted by atomic mass is 35.5. The third-order valence-electron chi connectivity index (χ3n) is 1.67. The minimum atomic E-state index is -0.613. The van der Waals surface area contributed by atoms with E-state index in [1.165, 1.54) is 6.20 Å². The first-order chi connectivity index (χ1) is 6.63. The van der Waals surface area contributed by atoms with Gasteiger partial charge in [0.1, 0.15) is 10.9 Å². The average molecular weight is 215 g/mol. The van der Waals surface area contributed by atoms with E-state index in [1.54, 1.807) is 12.1 Å². The molecule has 0 spiro atoms. The highest BCUT2D eigenvalue weighted by Crippen LogP contribution is 2.14. The maximum atomic E-state index is 10.9. The summed E-state index contributed by atoms with van der Waals surface area (Å²) in [5.41, 5.74) is 5.11. The van der Waals surface area contributed by atoms with Crippen molar-refractivity contribution in [3.63, 3.8) is 0 Å². The lowest BCUT2D eigenvalue weighted by Crippen LogP contribution is -2.32. The van der Waals surface area contributed by atoms with Gasteiger partial charge in [-0.1, -0.05) is 18.5 Å². The van der Waals surface area contributed by atoms with E-state index in [0.717, 1.165) is 0 Å². The van der Waals surface area contributed by atoms with Gasteiger partial charge in [0.2, 0.25) is 0 Å². The second-order valence-electron chi connectivity index (χ2n) is 2.73. The summed E-state index contributed by atoms with van der Waals surface area (Å²) in [5.74, 6) is 0.00231. The van der Waals surface area contributed by atoms with Gasteiger partial charge in [0.15, 0.2) is 6.10 Å². The van der Waals surface area contributed by atoms with Gasteiger partial charge in [0.25, 0.3) is 5.91 Å². The Morgan fingerprint density at radius 1 is 1.71 bits per heavy atom. The fourth-order valence-electron chi connectivity index (χ4n) is 0.939. The van der Waals surface area contributed by atoms with Crippen molar-refractivity contribution >= 4 is 17.5 Å². The molecule has 0 aromatic carbocycles. The van der Waals surface area contributed by atoms with Crippen LogP contribution in [0.15, 0.2) is 18.3 Å². The summed E-state index contributed by atoms with van der Waals surface area (Å²) in [7, 11) is 0. The number of hydrogen-bond acceptors (Lipinski definition) is 3. The van der Waals surface area contributed by atoms with E-state index in [-0.39, 0.29) is 0 Å². The van der Waals surface area contributed by atoms with Crippen molar-refractivity contribution in [3.05, 3.63) is 23.5 Å². The molecular weight excluding hydrogens is 204 g/mol. The first-order valence-electron chi connectivity index (χ1n) is 4.21. The molecule has 1 aromatic heterocycles. The topological polar surface area (TPSA) is 65.2 Å². The van der Waals surface area contributed by atoms with Gasteiger partial charge in [0, 0.05) is 0 Å². The summed E-state index contributed by atoms with van der Waals surface area (Å²) in [6.07, 6.45) is 1.37. The quantitative estimate of drug-likeness (QED) is 0.770. The first-order valence-corrected chi connectivity index (χ1v) is 4.58. The largest absolute Gasteiger partial charge is 0.479 e. The molecule has 0 fully saturated rings. The second kappa shape index (κ2) is 4.81. The molecule has 0 saturated carbocycles. The van der Waals surface area contributed by atoms with Crippen LogP contribution in [0.4, 0.5) is 0 Å². The van der Waals surface area contributed by atoms with E-state index in [4.69, 9.17) is 22.1 Å². The van der Waals surface area contributed by atoms with Gasteiger partial charge >= 0.3 is 0 Å². The minimum Gasteiger partial charge on any atom is -0.479 e. The van der Waals surface area contributed by atoms with E-state index in [9.17, 15) is 4.79 Å². The zero-order chi connectivity index (χ0) is 10.6. The average Bonchev–Trinajstić information content (AvgIpc) is 2.16. The molecule has 76 valence electrons. The molecule has 0 aliphatic carbocycles. The number of rotatable bonds is 4. The van der Waals surface area contributed by atoms with E-state index >= 15 is 0 Å². The summed E-state index contributed by atoms with van der Waals surface area (Å²) in [5, 5.41) is 0.379. The summed E-state index contributed by atoms with van der Waals surface area (Å²) in [4.78, 5) is 14.7. The molecule has 0 aliphatic heterocycles. The van der Waals surface area contributed by atoms with Crippen molar-refractivity contribution in [1.82, 2.24) is 4.98 Å². The second-order valence-corrected chi connectivity index (χ2v) is 3.12. The Hall–Kier alpha value is -1.29. The van der Waals surface area contributed by atoms with Crippen LogP contribution in [0.1, 0.15) is 13.3 Å². The molecule has 1 heterocycles. The number of ether oxygens (including phenoxy) is 1. The molecule has 1 amide bonds. The molecule has 5 heteroatoms. The van der Waals surface area contributed by atoms with Gasteiger partial charge in [-0.2, -0.15) is 0 Å². The Balaban J connectivity index is 2.67. The smallest absolute Gasteiger partial charge is 0.258 e. The SMILES string of the molecule is CCC(Oc1ccc(Cl)nc1)C(N)=O. The number of halogens is 1. The van der Waals surface area contributed by atoms with Gasteiger partial charge in [-0.15, -0.1) is 0 Å². The Bertz CT molecular complexity index is 313. The normalized spacial score (nSPS) is 12.1. The van der Waals surface area contributed by atoms with Crippen LogP contribution < -0.4 is 10.5 Å². The Kier molecular flexibility index (Phi) is 3.71. The fourth-order valence-corrected chi connectivity index (χ4v) is 1.05. The van der Waals surface area contributed by atoms with Crippen LogP contribution in [-0.4, -0.2) is 17.0 Å². The predicted molar refractivity (Wildman–Crippen MR) is 53.1 cm³/mol. The number of hydrogen-bond donors (Lipinski definition) is 1. The summed E-state index contributed by atoms with van der Waals surface area (Å²) < 4.78 is 5.28. The lowest BCUT2D eigenvalue weighted by Gasteiger charge is -2.13. The van der Waals surface area contributed by atoms with Crippen LogP contribution >= 0.6 is 11.6 Å². The molecule has 0 aliphatic rings. The van der Waals surface area contributed by atoms with E-state index < -0.39 is 12.0 Å². The predicted octanol–water partition coefficient (Wildman–Crippen LogP) is 1.38. The third kappa shape index (κ3) is 2.88. The summed E-state index contributed by atoms with van der Waals surface area (Å²) in [6, 6.07) is 3.23. The number of pyridine rings is 1. The number of nitrogens with two attached hydrogens (primary N) is 1. The van der Waals surface area contributed by atoms with E-state index in [0.29, 0.717) is 17.3 Å². The molecule has 1 atom stereocenters. The molecule has 14 heavy (non-hydrogen) atoms. The van der Waals surface area contributed by atoms with Gasteiger partial charge in [0.05, 0.1) is 6.20 Å². The van der Waals surface area contributed by atoms with Crippen molar-refractivity contribution in [2.45, 2.75) is 19.4 Å². The maximum absolute atomic E-state index is 10.9. The van der Waals surface area contributed by atoms with Crippen molar-refractivity contribution in [2.75, 3.05) is 0 Å². The Morgan fingerprint density at radius 3 is 2.86 bits per heavy atom. The van der Waals surface area contributed by atoms with Crippen LogP contribution in [0.25, 0.3) is 0 Å². The van der Waals surface area contributed by atoms with Crippen LogP contribution in [0.5, 0.6) is 5.75 Å². The number of nitrogens with zero attached hydrogens (tertiary/aromatic N) is 1. The number of carbonyl (C=O) groups is 1. The highest BCUT2D eigenvalue weighted by Gasteiger charge is 2.14. The molecule has 4 nitrogen and oxygen atoms in total. The van der Waals surface area contributed by atoms with Crippen LogP contribution in [0, 0.1) is 0 Å². The number of amides is 1. The molecule has 1 aromatic rings. The summed E-state index contributed by atoms with van der Waals surface area (Å²) in [6.45, 7) is 1.82. The highest BCUT2D eigenvalue weighted by molar-refractivity contribution is 6.29. The molecule has 2 N–H and O–H groups in total. The van der Waals surface area contributed by atoms with Crippen LogP contribution in [0.3, 0.4) is 0 Å². The molecular formula is C9H11ClN2O2. The first kappa shape index (κ1) is 10.8. The molecule has 1 unspecified atom stereocenters. The lowest BCUT2D eigenvalue weighted by molar-refractivity contribution is -0.124. The van der Waals surface area contributed by atoms with Crippen LogP contribution in [-0.2, 0) is 4.79 Å². The monoisotopic (exact) mass is 214 g/mol. The Labute approximate surface area is 87.0 Å². The van der Waals surface area contributed by atoms with E-state index in [1.807, 2.05) is 6.92 Å². The molecule has 0 radical (unpaired) electrons. The zero-order valence-corrected chi connectivity index (χ0v) is 8.49. The molecule has 0 saturated heterocycles. The zero-order valence-electron chi connectivity index (χ0n) is 7.74. The van der Waals surface area contributed by atoms with Gasteiger partial charge in [-0.05, 0) is 18.6 Å². The van der Waals surface area contributed by atoms with Crippen molar-refractivity contribution < 1.29 is 9.53 Å². The summed E-state index contributed by atoms with van der Waals surface area (Å²) >= 11 is 5.59. The van der Waals surface area contributed by atoms with Gasteiger partial charge < -0.3 is 10.5 Å². The fraction of sp³-hybridized carbons (Fsp3) is 0.333. The van der Waals surface area contributed by atoms with Gasteiger partial charge in [-0.25, -0.2) is 4.98 Å². The minimum absolute atomic E-state index is 0.379. The maximum Gasteiger partial charge on any atom is 0.258 e. The molecule has 0 bridgehead atoms. The number of primary amides is 1. The lowest BCUT2D eigenvalue weighted by atomic mass is 10.2. The Morgan fingerprint density at radius 2 is 2.43 bits per heavy atom. The van der Waals surface area contributed by atoms with Crippen LogP contribution in [0.2, 0.25) is 5.15 Å². The van der Waals surface area contributed by atoms with Crippen molar-refractivity contribution in [2.24, 2.45) is 5.73 Å². The number of carbonyl (C=O) groups excluding carboxylic acids is 1. The standard InChI is InChI=1S/C9H11ClN2O2/c1-2-7(9(11)13)14-6-3-4-8(10)12-5-6/h3-5,7H,2H2,1H3,(H2,11,13). The number of aromatic nitrogens is 1. The molecule has 1 rings (SSSR count). The van der Waals surface area contributed by atoms with Crippen molar-refractivity contribution in [1.29, 1.82) is 0 Å². The van der Waals surface area contributed by atoms with E-state index in [2.05, 4.69) is 4.98 Å². The van der Waals surface area contributed by atoms with Crippen molar-refractivity contribution in [3.8, 4) is 5.75 Å². The van der Waals surface area contributed by atoms with Gasteiger partial charge in [-0.3, -0.25) is 4.79 Å².